The van der Waals surface area contributed by atoms with Gasteiger partial charge in [0.05, 0.1) is 0 Å². The van der Waals surface area contributed by atoms with Gasteiger partial charge < -0.3 is 4.55 Å². The fraction of sp³-hybridized carbons (Fsp3) is 0.0588. The van der Waals surface area contributed by atoms with Crippen molar-refractivity contribution in [2.24, 2.45) is 0 Å². The van der Waals surface area contributed by atoms with E-state index in [4.69, 9.17) is 0 Å². The molecule has 0 radical (unpaired) electrons. The maximum atomic E-state index is 12.7. The van der Waals surface area contributed by atoms with E-state index in [9.17, 15) is 4.55 Å². The lowest BCUT2D eigenvalue weighted by molar-refractivity contribution is 0.596. The minimum absolute atomic E-state index is 0.849. The quantitative estimate of drug-likeness (QED) is 0.634. The van der Waals surface area contributed by atoms with Crippen molar-refractivity contribution in [2.75, 3.05) is 0 Å². The van der Waals surface area contributed by atoms with E-state index in [1.807, 2.05) is 73.7 Å². The summed E-state index contributed by atoms with van der Waals surface area (Å²) in [7, 11) is 0. The Morgan fingerprint density at radius 3 is 2.26 bits per heavy atom. The Kier molecular flexibility index (Phi) is 3.28. The van der Waals surface area contributed by atoms with E-state index in [-0.39, 0.29) is 0 Å². The minimum Gasteiger partial charge on any atom is -0.606 e. The van der Waals surface area contributed by atoms with Crippen LogP contribution in [0.3, 0.4) is 0 Å². The van der Waals surface area contributed by atoms with Crippen LogP contribution in [-0.4, -0.2) is 4.55 Å². The maximum Gasteiger partial charge on any atom is 0.166 e. The number of hydrogen-bond donors (Lipinski definition) is 0. The van der Waals surface area contributed by atoms with Crippen LogP contribution in [0.5, 0.6) is 0 Å². The van der Waals surface area contributed by atoms with E-state index in [1.54, 1.807) is 0 Å². The van der Waals surface area contributed by atoms with Crippen LogP contribution in [-0.2, 0) is 11.2 Å². The van der Waals surface area contributed by atoms with Gasteiger partial charge in [-0.3, -0.25) is 0 Å². The summed E-state index contributed by atoms with van der Waals surface area (Å²) in [4.78, 5) is 1.73. The zero-order valence-corrected chi connectivity index (χ0v) is 11.5. The first-order chi connectivity index (χ1) is 9.25. The lowest BCUT2D eigenvalue weighted by atomic mass is 10.1. The lowest BCUT2D eigenvalue weighted by Gasteiger charge is -2.12. The van der Waals surface area contributed by atoms with Crippen LogP contribution in [0.4, 0.5) is 0 Å². The Hall–Kier alpha value is -1.77. The number of rotatable bonds is 2. The molecule has 0 saturated heterocycles. The summed E-state index contributed by atoms with van der Waals surface area (Å²) in [6, 6.07) is 21.9. The number of fused-ring (bicyclic) bond motifs is 1. The third-order valence-corrected chi connectivity index (χ3v) is 4.64. The molecule has 0 saturated carbocycles. The SMILES string of the molecule is Cc1ccc([S@@+]([O-])c2cccc3ccccc23)cc1. The molecular formula is C17H14OS. The second-order valence-electron chi connectivity index (χ2n) is 4.56. The van der Waals surface area contributed by atoms with Crippen LogP contribution in [0.15, 0.2) is 76.5 Å². The van der Waals surface area contributed by atoms with Gasteiger partial charge in [-0.15, -0.1) is 0 Å². The molecule has 0 amide bonds. The van der Waals surface area contributed by atoms with E-state index in [0.717, 1.165) is 20.6 Å². The molecule has 94 valence electrons. The first kappa shape index (κ1) is 12.3. The van der Waals surface area contributed by atoms with Crippen LogP contribution in [0.25, 0.3) is 10.8 Å². The zero-order valence-electron chi connectivity index (χ0n) is 10.7. The molecule has 3 rings (SSSR count). The fourth-order valence-electron chi connectivity index (χ4n) is 2.15. The molecule has 0 aliphatic heterocycles. The van der Waals surface area contributed by atoms with E-state index in [2.05, 4.69) is 0 Å². The van der Waals surface area contributed by atoms with Gasteiger partial charge >= 0.3 is 0 Å². The molecule has 1 atom stereocenters. The fourth-order valence-corrected chi connectivity index (χ4v) is 3.37. The van der Waals surface area contributed by atoms with Crippen molar-refractivity contribution >= 4 is 21.9 Å². The third kappa shape index (κ3) is 2.37. The van der Waals surface area contributed by atoms with Crippen molar-refractivity contribution in [3.63, 3.8) is 0 Å². The Balaban J connectivity index is 2.11. The Morgan fingerprint density at radius 1 is 0.789 bits per heavy atom. The van der Waals surface area contributed by atoms with Gasteiger partial charge in [-0.25, -0.2) is 0 Å². The Labute approximate surface area is 116 Å². The molecule has 0 aromatic heterocycles. The first-order valence-electron chi connectivity index (χ1n) is 6.22. The van der Waals surface area contributed by atoms with Gasteiger partial charge in [0.25, 0.3) is 0 Å². The van der Waals surface area contributed by atoms with E-state index < -0.39 is 11.2 Å². The zero-order chi connectivity index (χ0) is 13.2. The van der Waals surface area contributed by atoms with Crippen molar-refractivity contribution in [2.45, 2.75) is 16.7 Å². The molecule has 0 bridgehead atoms. The molecule has 3 aromatic carbocycles. The highest BCUT2D eigenvalue weighted by Crippen LogP contribution is 2.28. The summed E-state index contributed by atoms with van der Waals surface area (Å²) in [5.41, 5.74) is 1.18. The second kappa shape index (κ2) is 5.08. The summed E-state index contributed by atoms with van der Waals surface area (Å²) in [6.07, 6.45) is 0. The highest BCUT2D eigenvalue weighted by molar-refractivity contribution is 7.91. The molecule has 0 aliphatic rings. The lowest BCUT2D eigenvalue weighted by Crippen LogP contribution is -2.02. The highest BCUT2D eigenvalue weighted by Gasteiger charge is 2.17. The predicted octanol–water partition coefficient (Wildman–Crippen LogP) is 4.31. The third-order valence-electron chi connectivity index (χ3n) is 3.18. The second-order valence-corrected chi connectivity index (χ2v) is 6.01. The molecule has 0 spiro atoms. The van der Waals surface area contributed by atoms with Crippen molar-refractivity contribution in [1.82, 2.24) is 0 Å². The Morgan fingerprint density at radius 2 is 1.47 bits per heavy atom. The van der Waals surface area contributed by atoms with Gasteiger partial charge in [0.2, 0.25) is 0 Å². The summed E-state index contributed by atoms with van der Waals surface area (Å²) < 4.78 is 12.7. The van der Waals surface area contributed by atoms with Crippen LogP contribution in [0.2, 0.25) is 0 Å². The van der Waals surface area contributed by atoms with Crippen LogP contribution < -0.4 is 0 Å². The van der Waals surface area contributed by atoms with Crippen LogP contribution in [0.1, 0.15) is 5.56 Å². The van der Waals surface area contributed by atoms with Crippen molar-refractivity contribution in [3.05, 3.63) is 72.3 Å². The summed E-state index contributed by atoms with van der Waals surface area (Å²) in [6.45, 7) is 2.03. The Bertz CT molecular complexity index is 699. The monoisotopic (exact) mass is 266 g/mol. The normalized spacial score (nSPS) is 12.5. The standard InChI is InChI=1S/C17H14OS/c1-13-9-11-15(12-10-13)19(18)17-8-4-6-14-5-2-3-7-16(14)17/h2-12H,1H3/t19-/m1/s1. The van der Waals surface area contributed by atoms with E-state index in [1.165, 1.54) is 5.56 Å². The molecule has 3 aromatic rings. The molecule has 0 N–H and O–H groups in total. The van der Waals surface area contributed by atoms with Crippen molar-refractivity contribution in [1.29, 1.82) is 0 Å². The molecule has 0 fully saturated rings. The number of aryl methyl sites for hydroxylation is 1. The van der Waals surface area contributed by atoms with Gasteiger partial charge in [-0.2, -0.15) is 0 Å². The summed E-state index contributed by atoms with van der Waals surface area (Å²) >= 11 is -1.13. The molecule has 19 heavy (non-hydrogen) atoms. The van der Waals surface area contributed by atoms with Gasteiger partial charge in [0.15, 0.2) is 9.79 Å². The van der Waals surface area contributed by atoms with Gasteiger partial charge in [0.1, 0.15) is 0 Å². The number of hydrogen-bond acceptors (Lipinski definition) is 1. The van der Waals surface area contributed by atoms with Crippen molar-refractivity contribution < 1.29 is 4.55 Å². The first-order valence-corrected chi connectivity index (χ1v) is 7.37. The van der Waals surface area contributed by atoms with Gasteiger partial charge in [0, 0.05) is 16.6 Å². The maximum absolute atomic E-state index is 12.7. The predicted molar refractivity (Wildman–Crippen MR) is 79.8 cm³/mol. The average molecular weight is 266 g/mol. The minimum atomic E-state index is -1.13. The average Bonchev–Trinajstić information content (AvgIpc) is 2.47. The molecule has 1 nitrogen and oxygen atoms in total. The van der Waals surface area contributed by atoms with Crippen LogP contribution in [0, 0.1) is 6.92 Å². The summed E-state index contributed by atoms with van der Waals surface area (Å²) in [5, 5.41) is 2.18. The van der Waals surface area contributed by atoms with Crippen LogP contribution >= 0.6 is 0 Å². The molecular weight excluding hydrogens is 252 g/mol. The topological polar surface area (TPSA) is 23.1 Å². The highest BCUT2D eigenvalue weighted by atomic mass is 32.2. The number of benzene rings is 3. The van der Waals surface area contributed by atoms with E-state index >= 15 is 0 Å². The van der Waals surface area contributed by atoms with Gasteiger partial charge in [-0.05, 0) is 36.6 Å². The smallest absolute Gasteiger partial charge is 0.166 e. The molecule has 0 aliphatic carbocycles. The van der Waals surface area contributed by atoms with Gasteiger partial charge in [-0.1, -0.05) is 48.0 Å². The van der Waals surface area contributed by atoms with E-state index in [0.29, 0.717) is 0 Å². The van der Waals surface area contributed by atoms with Crippen molar-refractivity contribution in [3.8, 4) is 0 Å². The molecule has 0 unspecified atom stereocenters. The largest absolute Gasteiger partial charge is 0.606 e. The summed E-state index contributed by atoms with van der Waals surface area (Å²) in [5.74, 6) is 0. The molecule has 2 heteroatoms. The molecule has 0 heterocycles.